The van der Waals surface area contributed by atoms with Crippen molar-refractivity contribution < 1.29 is 22.0 Å². The van der Waals surface area contributed by atoms with Gasteiger partial charge in [-0.2, -0.15) is 23.4 Å². The van der Waals surface area contributed by atoms with E-state index in [0.717, 1.165) is 10.6 Å². The Labute approximate surface area is 203 Å². The van der Waals surface area contributed by atoms with Gasteiger partial charge in [-0.1, -0.05) is 12.1 Å². The molecule has 13 heteroatoms. The van der Waals surface area contributed by atoms with Crippen LogP contribution in [0.15, 0.2) is 65.8 Å². The Morgan fingerprint density at radius 1 is 0.973 bits per heavy atom. The molecule has 1 aromatic carbocycles. The molecule has 0 spiro atoms. The van der Waals surface area contributed by atoms with Gasteiger partial charge in [-0.15, -0.1) is 0 Å². The zero-order valence-electron chi connectivity index (χ0n) is 18.5. The minimum absolute atomic E-state index is 0.00622. The summed E-state index contributed by atoms with van der Waals surface area (Å²) in [6.45, 7) is 0.0947. The van der Waals surface area contributed by atoms with Crippen molar-refractivity contribution in [2.24, 2.45) is 0 Å². The molecule has 6 aromatic rings. The lowest BCUT2D eigenvalue weighted by Gasteiger charge is -2.13. The van der Waals surface area contributed by atoms with Crippen molar-refractivity contribution in [3.63, 3.8) is 0 Å². The second kappa shape index (κ2) is 8.18. The van der Waals surface area contributed by atoms with E-state index in [4.69, 9.17) is 0 Å². The fraction of sp³-hybridized carbons (Fsp3) is 0.125. The first kappa shape index (κ1) is 22.8. The first-order valence-corrected chi connectivity index (χ1v) is 10.9. The van der Waals surface area contributed by atoms with Crippen LogP contribution in [0, 0.1) is 0 Å². The maximum atomic E-state index is 13.7. The van der Waals surface area contributed by atoms with Gasteiger partial charge in [-0.05, 0) is 35.9 Å². The summed E-state index contributed by atoms with van der Waals surface area (Å²) in [4.78, 5) is 21.3. The molecule has 0 amide bonds. The van der Waals surface area contributed by atoms with Crippen molar-refractivity contribution in [2.75, 3.05) is 0 Å². The molecule has 0 bridgehead atoms. The lowest BCUT2D eigenvalue weighted by molar-refractivity contribution is -0.141. The summed E-state index contributed by atoms with van der Waals surface area (Å²) in [6, 6.07) is 9.70. The molecule has 0 aliphatic rings. The third-order valence-electron chi connectivity index (χ3n) is 5.95. The first-order valence-electron chi connectivity index (χ1n) is 10.9. The summed E-state index contributed by atoms with van der Waals surface area (Å²) >= 11 is 0. The summed E-state index contributed by atoms with van der Waals surface area (Å²) in [7, 11) is 0. The van der Waals surface area contributed by atoms with Gasteiger partial charge in [-0.25, -0.2) is 13.8 Å². The summed E-state index contributed by atoms with van der Waals surface area (Å²) in [5, 5.41) is 12.2. The Balaban J connectivity index is 1.60. The van der Waals surface area contributed by atoms with Crippen LogP contribution >= 0.6 is 0 Å². The van der Waals surface area contributed by atoms with Crippen LogP contribution in [0.3, 0.4) is 0 Å². The molecule has 0 radical (unpaired) electrons. The molecule has 6 rings (SSSR count). The predicted molar refractivity (Wildman–Crippen MR) is 124 cm³/mol. The number of rotatable bonds is 4. The second-order valence-corrected chi connectivity index (χ2v) is 8.30. The molecular weight excluding hydrogens is 497 g/mol. The second-order valence-electron chi connectivity index (χ2n) is 8.30. The zero-order chi connectivity index (χ0) is 25.9. The number of nitrogens with zero attached hydrogens (tertiary/aromatic N) is 6. The van der Waals surface area contributed by atoms with Crippen LogP contribution in [0.4, 0.5) is 22.0 Å². The number of halogens is 5. The van der Waals surface area contributed by atoms with E-state index in [-0.39, 0.29) is 34.5 Å². The van der Waals surface area contributed by atoms with Crippen LogP contribution in [0.5, 0.6) is 0 Å². The summed E-state index contributed by atoms with van der Waals surface area (Å²) in [6.07, 6.45) is -3.18. The Bertz CT molecular complexity index is 1850. The number of aromatic nitrogens is 7. The van der Waals surface area contributed by atoms with Crippen molar-refractivity contribution in [1.82, 2.24) is 34.5 Å². The molecule has 5 heterocycles. The van der Waals surface area contributed by atoms with Crippen molar-refractivity contribution >= 4 is 32.8 Å². The van der Waals surface area contributed by atoms with Crippen LogP contribution in [0.1, 0.15) is 23.4 Å². The Morgan fingerprint density at radius 2 is 1.81 bits per heavy atom. The Kier molecular flexibility index (Phi) is 5.03. The summed E-state index contributed by atoms with van der Waals surface area (Å²) in [5.74, 6) is 0. The van der Waals surface area contributed by atoms with Gasteiger partial charge in [0.2, 0.25) is 0 Å². The number of H-pyrrole nitrogens is 1. The molecule has 0 unspecified atom stereocenters. The van der Waals surface area contributed by atoms with E-state index in [0.29, 0.717) is 21.9 Å². The zero-order valence-corrected chi connectivity index (χ0v) is 18.5. The number of nitrogens with one attached hydrogen (secondary N) is 1. The van der Waals surface area contributed by atoms with Gasteiger partial charge in [0.15, 0.2) is 5.52 Å². The van der Waals surface area contributed by atoms with E-state index >= 15 is 0 Å². The molecule has 186 valence electrons. The number of aromatic amines is 1. The van der Waals surface area contributed by atoms with Crippen LogP contribution in [0.2, 0.25) is 0 Å². The van der Waals surface area contributed by atoms with E-state index in [9.17, 15) is 26.7 Å². The van der Waals surface area contributed by atoms with E-state index < -0.39 is 23.9 Å². The van der Waals surface area contributed by atoms with Crippen LogP contribution in [-0.4, -0.2) is 34.5 Å². The molecule has 0 saturated heterocycles. The Hall–Kier alpha value is -4.68. The van der Waals surface area contributed by atoms with Gasteiger partial charge in [0.25, 0.3) is 12.0 Å². The molecule has 0 saturated carbocycles. The minimum atomic E-state index is -4.73. The summed E-state index contributed by atoms with van der Waals surface area (Å²) in [5.41, 5.74) is -0.968. The molecular formula is C24H14F5N7O. The first-order chi connectivity index (χ1) is 17.7. The lowest BCUT2D eigenvalue weighted by Crippen LogP contribution is -2.21. The molecule has 0 aliphatic heterocycles. The van der Waals surface area contributed by atoms with Gasteiger partial charge in [0.1, 0.15) is 17.0 Å². The number of hydrogen-bond acceptors (Lipinski definition) is 5. The topological polar surface area (TPSA) is 94.3 Å². The smallest absolute Gasteiger partial charge is 0.278 e. The quantitative estimate of drug-likeness (QED) is 0.336. The molecule has 37 heavy (non-hydrogen) atoms. The third-order valence-corrected chi connectivity index (χ3v) is 5.95. The highest BCUT2D eigenvalue weighted by Crippen LogP contribution is 2.32. The highest BCUT2D eigenvalue weighted by molar-refractivity contribution is 6.04. The molecule has 8 nitrogen and oxygen atoms in total. The minimum Gasteiger partial charge on any atom is -0.278 e. The molecule has 0 atom stereocenters. The fourth-order valence-corrected chi connectivity index (χ4v) is 4.26. The number of pyridine rings is 3. The maximum absolute atomic E-state index is 13.7. The van der Waals surface area contributed by atoms with Crippen LogP contribution < -0.4 is 5.56 Å². The van der Waals surface area contributed by atoms with Crippen molar-refractivity contribution in [1.29, 1.82) is 0 Å². The lowest BCUT2D eigenvalue weighted by atomic mass is 10.1. The number of alkyl halides is 5. The van der Waals surface area contributed by atoms with Crippen molar-refractivity contribution in [3.05, 3.63) is 88.4 Å². The fourth-order valence-electron chi connectivity index (χ4n) is 4.26. The highest BCUT2D eigenvalue weighted by Gasteiger charge is 2.33. The molecule has 0 fully saturated rings. The number of benzene rings is 1. The van der Waals surface area contributed by atoms with Gasteiger partial charge in [0, 0.05) is 28.6 Å². The van der Waals surface area contributed by atoms with E-state index in [1.807, 2.05) is 0 Å². The third kappa shape index (κ3) is 3.79. The maximum Gasteiger partial charge on any atom is 0.433 e. The number of hydrogen-bond donors (Lipinski definition) is 1. The van der Waals surface area contributed by atoms with Gasteiger partial charge >= 0.3 is 6.18 Å². The van der Waals surface area contributed by atoms with Crippen LogP contribution in [-0.2, 0) is 12.7 Å². The van der Waals surface area contributed by atoms with E-state index in [1.165, 1.54) is 41.5 Å². The normalized spacial score (nSPS) is 12.4. The Morgan fingerprint density at radius 3 is 2.54 bits per heavy atom. The standard InChI is InChI=1S/C24H14F5N7O/c25-21(26)17-6-4-12(8-30-17)10-35-11-15-13-5-7-19(24(27,28)29)32-22(13)36(23(37)20(15)34-35)18-3-1-2-16-14(18)9-31-33-16/h1-9,11,21H,10H2,(H,31,33). The van der Waals surface area contributed by atoms with Crippen molar-refractivity contribution in [3.8, 4) is 5.69 Å². The van der Waals surface area contributed by atoms with Gasteiger partial charge < -0.3 is 0 Å². The van der Waals surface area contributed by atoms with Crippen molar-refractivity contribution in [2.45, 2.75) is 19.1 Å². The average molecular weight is 511 g/mol. The molecule has 0 aliphatic carbocycles. The highest BCUT2D eigenvalue weighted by atomic mass is 19.4. The SMILES string of the molecule is O=c1c2nn(Cc3ccc(C(F)F)nc3)cc2c2ccc(C(F)(F)F)nc2n1-c1cccc2[nH]ncc12. The van der Waals surface area contributed by atoms with Gasteiger partial charge in [0.05, 0.1) is 23.9 Å². The average Bonchev–Trinajstić information content (AvgIpc) is 3.51. The van der Waals surface area contributed by atoms with E-state index in [2.05, 4.69) is 25.3 Å². The van der Waals surface area contributed by atoms with Crippen LogP contribution in [0.25, 0.3) is 38.5 Å². The predicted octanol–water partition coefficient (Wildman–Crippen LogP) is 5.01. The van der Waals surface area contributed by atoms with E-state index in [1.54, 1.807) is 18.2 Å². The molecule has 1 N–H and O–H groups in total. The largest absolute Gasteiger partial charge is 0.433 e. The summed E-state index contributed by atoms with van der Waals surface area (Å²) < 4.78 is 68.8. The number of fused-ring (bicyclic) bond motifs is 4. The monoisotopic (exact) mass is 511 g/mol. The molecule has 5 aromatic heterocycles. The van der Waals surface area contributed by atoms with Gasteiger partial charge in [-0.3, -0.25) is 24.1 Å².